The predicted molar refractivity (Wildman–Crippen MR) is 111 cm³/mol. The Morgan fingerprint density at radius 2 is 2.00 bits per heavy atom. The van der Waals surface area contributed by atoms with Crippen LogP contribution < -0.4 is 15.0 Å². The van der Waals surface area contributed by atoms with Crippen molar-refractivity contribution in [2.24, 2.45) is 0 Å². The van der Waals surface area contributed by atoms with E-state index in [0.717, 1.165) is 50.3 Å². The van der Waals surface area contributed by atoms with Crippen molar-refractivity contribution < 1.29 is 13.9 Å². The van der Waals surface area contributed by atoms with Crippen LogP contribution in [0, 0.1) is 5.82 Å². The largest absolute Gasteiger partial charge is 0.494 e. The van der Waals surface area contributed by atoms with Gasteiger partial charge in [0.05, 0.1) is 24.5 Å². The summed E-state index contributed by atoms with van der Waals surface area (Å²) in [5.41, 5.74) is 3.60. The number of halogens is 1. The van der Waals surface area contributed by atoms with Gasteiger partial charge in [0.1, 0.15) is 11.6 Å². The molecule has 1 amide bonds. The summed E-state index contributed by atoms with van der Waals surface area (Å²) in [5, 5.41) is 3.03. The summed E-state index contributed by atoms with van der Waals surface area (Å²) < 4.78 is 18.6. The van der Waals surface area contributed by atoms with Crippen LogP contribution in [-0.4, -0.2) is 49.6 Å². The number of unbranched alkanes of at least 4 members (excludes halogenated alkanes) is 1. The van der Waals surface area contributed by atoms with Crippen LogP contribution in [0.2, 0.25) is 0 Å². The quantitative estimate of drug-likeness (QED) is 0.759. The van der Waals surface area contributed by atoms with E-state index < -0.39 is 0 Å². The number of nitrogens with zero attached hydrogens (tertiary/aromatic N) is 2. The first-order valence-electron chi connectivity index (χ1n) is 10.5. The number of piperidine rings is 1. The molecular formula is C23H26FN3O2. The molecule has 1 N–H and O–H groups in total. The maximum Gasteiger partial charge on any atom is 0.243 e. The van der Waals surface area contributed by atoms with Gasteiger partial charge in [0.2, 0.25) is 5.91 Å². The minimum atomic E-state index is -0.240. The van der Waals surface area contributed by atoms with Gasteiger partial charge in [-0.3, -0.25) is 4.79 Å². The summed E-state index contributed by atoms with van der Waals surface area (Å²) in [4.78, 5) is 17.0. The second kappa shape index (κ2) is 7.67. The standard InChI is InChI=1S/C23H26FN3O2/c24-16-6-8-17(9-7-16)29-13-2-1-11-26-12-10-21-19(14-26)18-4-3-5-20-23(18)27(21)15-22(28)25-20/h3-9,19,21H,1-2,10-15H2,(H,25,28)/t19-,21-/m0/s1. The number of anilines is 2. The maximum absolute atomic E-state index is 12.9. The van der Waals surface area contributed by atoms with E-state index in [0.29, 0.717) is 25.1 Å². The molecule has 3 aliphatic heterocycles. The molecule has 1 fully saturated rings. The molecule has 5 nitrogen and oxygen atoms in total. The minimum absolute atomic E-state index is 0.0962. The van der Waals surface area contributed by atoms with E-state index in [1.807, 2.05) is 6.07 Å². The number of hydrogen-bond acceptors (Lipinski definition) is 4. The molecule has 0 aromatic heterocycles. The van der Waals surface area contributed by atoms with Crippen LogP contribution in [0.5, 0.6) is 5.75 Å². The number of nitrogens with one attached hydrogen (secondary N) is 1. The summed E-state index contributed by atoms with van der Waals surface area (Å²) in [6.07, 6.45) is 3.15. The van der Waals surface area contributed by atoms with Crippen LogP contribution >= 0.6 is 0 Å². The van der Waals surface area contributed by atoms with Gasteiger partial charge in [-0.2, -0.15) is 0 Å². The Labute approximate surface area is 170 Å². The van der Waals surface area contributed by atoms with E-state index in [1.54, 1.807) is 12.1 Å². The molecule has 0 aliphatic carbocycles. The van der Waals surface area contributed by atoms with Gasteiger partial charge >= 0.3 is 0 Å². The first kappa shape index (κ1) is 18.4. The average molecular weight is 395 g/mol. The number of rotatable bonds is 6. The van der Waals surface area contributed by atoms with E-state index in [-0.39, 0.29) is 11.7 Å². The number of likely N-dealkylation sites (tertiary alicyclic amines) is 1. The lowest BCUT2D eigenvalue weighted by atomic mass is 9.89. The molecule has 2 atom stereocenters. The van der Waals surface area contributed by atoms with E-state index in [9.17, 15) is 9.18 Å². The predicted octanol–water partition coefficient (Wildman–Crippen LogP) is 3.61. The van der Waals surface area contributed by atoms with Gasteiger partial charge in [0, 0.05) is 25.0 Å². The highest BCUT2D eigenvalue weighted by molar-refractivity contribution is 6.03. The third-order valence-electron chi connectivity index (χ3n) is 6.35. The molecule has 5 rings (SSSR count). The highest BCUT2D eigenvalue weighted by Crippen LogP contribution is 2.49. The van der Waals surface area contributed by atoms with Crippen molar-refractivity contribution in [1.29, 1.82) is 0 Å². The van der Waals surface area contributed by atoms with Crippen LogP contribution in [0.3, 0.4) is 0 Å². The van der Waals surface area contributed by atoms with Crippen LogP contribution in [0.25, 0.3) is 0 Å². The fourth-order valence-corrected chi connectivity index (χ4v) is 5.04. The molecule has 2 aromatic carbocycles. The Kier molecular flexibility index (Phi) is 4.87. The fraction of sp³-hybridized carbons (Fsp3) is 0.435. The lowest BCUT2D eigenvalue weighted by Crippen LogP contribution is -2.49. The number of para-hydroxylation sites is 1. The molecule has 0 bridgehead atoms. The summed E-state index contributed by atoms with van der Waals surface area (Å²) >= 11 is 0. The molecule has 2 aromatic rings. The number of carbonyl (C=O) groups excluding carboxylic acids is 1. The molecule has 0 radical (unpaired) electrons. The number of benzene rings is 2. The SMILES string of the molecule is O=C1CN2c3c(cccc3[C@@H]3CN(CCCCOc4ccc(F)cc4)CC[C@@H]32)N1. The Morgan fingerprint density at radius 3 is 2.86 bits per heavy atom. The zero-order chi connectivity index (χ0) is 19.8. The number of carbonyl (C=O) groups is 1. The van der Waals surface area contributed by atoms with Gasteiger partial charge in [-0.05, 0) is 61.7 Å². The lowest BCUT2D eigenvalue weighted by molar-refractivity contribution is -0.115. The summed E-state index contributed by atoms with van der Waals surface area (Å²) in [5.74, 6) is 1.05. The van der Waals surface area contributed by atoms with Crippen LogP contribution in [0.15, 0.2) is 42.5 Å². The van der Waals surface area contributed by atoms with Gasteiger partial charge in [-0.15, -0.1) is 0 Å². The number of ether oxygens (including phenoxy) is 1. The van der Waals surface area contributed by atoms with Crippen molar-refractivity contribution in [3.63, 3.8) is 0 Å². The van der Waals surface area contributed by atoms with E-state index in [4.69, 9.17) is 4.74 Å². The highest BCUT2D eigenvalue weighted by atomic mass is 19.1. The van der Waals surface area contributed by atoms with Gasteiger partial charge in [-0.1, -0.05) is 12.1 Å². The molecule has 3 heterocycles. The first-order valence-corrected chi connectivity index (χ1v) is 10.5. The molecule has 1 saturated heterocycles. The Hall–Kier alpha value is -2.60. The van der Waals surface area contributed by atoms with Crippen molar-refractivity contribution in [2.45, 2.75) is 31.2 Å². The van der Waals surface area contributed by atoms with E-state index in [2.05, 4.69) is 27.2 Å². The van der Waals surface area contributed by atoms with E-state index >= 15 is 0 Å². The average Bonchev–Trinajstić information content (AvgIpc) is 3.04. The normalized spacial score (nSPS) is 22.8. The number of hydrogen-bond donors (Lipinski definition) is 1. The zero-order valence-electron chi connectivity index (χ0n) is 16.4. The summed E-state index contributed by atoms with van der Waals surface area (Å²) in [6.45, 7) is 4.31. The van der Waals surface area contributed by atoms with Crippen LogP contribution in [0.4, 0.5) is 15.8 Å². The van der Waals surface area contributed by atoms with Crippen LogP contribution in [-0.2, 0) is 4.79 Å². The lowest BCUT2D eigenvalue weighted by Gasteiger charge is -2.39. The molecule has 0 unspecified atom stereocenters. The molecule has 29 heavy (non-hydrogen) atoms. The Balaban J connectivity index is 1.14. The van der Waals surface area contributed by atoms with Gasteiger partial charge < -0.3 is 19.9 Å². The number of amides is 1. The summed E-state index contributed by atoms with van der Waals surface area (Å²) in [6, 6.07) is 12.9. The minimum Gasteiger partial charge on any atom is -0.494 e. The second-order valence-electron chi connectivity index (χ2n) is 8.19. The zero-order valence-corrected chi connectivity index (χ0v) is 16.4. The van der Waals surface area contributed by atoms with Crippen LogP contribution in [0.1, 0.15) is 30.7 Å². The molecule has 3 aliphatic rings. The molecule has 0 saturated carbocycles. The third kappa shape index (κ3) is 3.57. The number of fused-ring (bicyclic) bond motifs is 3. The molecule has 152 valence electrons. The smallest absolute Gasteiger partial charge is 0.243 e. The van der Waals surface area contributed by atoms with Gasteiger partial charge in [0.15, 0.2) is 0 Å². The second-order valence-corrected chi connectivity index (χ2v) is 8.19. The van der Waals surface area contributed by atoms with Crippen molar-refractivity contribution in [3.05, 3.63) is 53.8 Å². The van der Waals surface area contributed by atoms with Gasteiger partial charge in [-0.25, -0.2) is 4.39 Å². The highest BCUT2D eigenvalue weighted by Gasteiger charge is 2.44. The monoisotopic (exact) mass is 395 g/mol. The molecule has 0 spiro atoms. The van der Waals surface area contributed by atoms with Crippen molar-refractivity contribution in [3.8, 4) is 5.75 Å². The maximum atomic E-state index is 12.9. The van der Waals surface area contributed by atoms with Crippen molar-refractivity contribution in [2.75, 3.05) is 43.0 Å². The van der Waals surface area contributed by atoms with Gasteiger partial charge in [0.25, 0.3) is 0 Å². The Bertz CT molecular complexity index is 901. The first-order chi connectivity index (χ1) is 14.2. The summed E-state index contributed by atoms with van der Waals surface area (Å²) in [7, 11) is 0. The van der Waals surface area contributed by atoms with Crippen molar-refractivity contribution in [1.82, 2.24) is 4.90 Å². The van der Waals surface area contributed by atoms with E-state index in [1.165, 1.54) is 23.4 Å². The molecule has 6 heteroatoms. The molecular weight excluding hydrogens is 369 g/mol. The van der Waals surface area contributed by atoms with Crippen molar-refractivity contribution >= 4 is 17.3 Å². The topological polar surface area (TPSA) is 44.8 Å². The fourth-order valence-electron chi connectivity index (χ4n) is 5.04. The third-order valence-corrected chi connectivity index (χ3v) is 6.35. The Morgan fingerprint density at radius 1 is 1.14 bits per heavy atom.